The molecule has 1 aromatic heterocycles. The fourth-order valence-corrected chi connectivity index (χ4v) is 6.23. The van der Waals surface area contributed by atoms with Crippen LogP contribution in [0.2, 0.25) is 0 Å². The smallest absolute Gasteiger partial charge is 0.255 e. The first-order chi connectivity index (χ1) is 20.0. The van der Waals surface area contributed by atoms with Crippen LogP contribution in [0.5, 0.6) is 0 Å². The highest BCUT2D eigenvalue weighted by molar-refractivity contribution is 6.01. The van der Waals surface area contributed by atoms with Crippen molar-refractivity contribution < 1.29 is 14.4 Å². The van der Waals surface area contributed by atoms with Gasteiger partial charge >= 0.3 is 0 Å². The molecule has 3 unspecified atom stereocenters. The number of carbonyl (C=O) groups excluding carboxylic acids is 3. The van der Waals surface area contributed by atoms with Gasteiger partial charge in [0.05, 0.1) is 23.0 Å². The van der Waals surface area contributed by atoms with Gasteiger partial charge in [-0.2, -0.15) is 5.10 Å². The summed E-state index contributed by atoms with van der Waals surface area (Å²) in [6.07, 6.45) is 4.93. The Hall–Kier alpha value is -3.94. The molecule has 1 aliphatic heterocycles. The number of hydrogen-bond donors (Lipinski definition) is 3. The number of nitrogens with two attached hydrogens (primary N) is 1. The van der Waals surface area contributed by atoms with Crippen LogP contribution in [0.3, 0.4) is 0 Å². The molecule has 0 saturated heterocycles. The summed E-state index contributed by atoms with van der Waals surface area (Å²) in [5, 5.41) is 10.7. The van der Waals surface area contributed by atoms with Crippen molar-refractivity contribution in [2.75, 3.05) is 0 Å². The van der Waals surface area contributed by atoms with Crippen LogP contribution in [0.1, 0.15) is 99.5 Å². The number of aryl methyl sites for hydroxylation is 1. The molecule has 224 valence electrons. The summed E-state index contributed by atoms with van der Waals surface area (Å²) in [5.74, 6) is -1.38. The van der Waals surface area contributed by atoms with Crippen LogP contribution in [-0.4, -0.2) is 33.5 Å². The van der Waals surface area contributed by atoms with E-state index in [0.29, 0.717) is 24.0 Å². The molecule has 8 heteroatoms. The standard InChI is InChI=1S/C34H45N5O3/c1-7-22(4)29(30(35)40)37-32(42)34(9-3,26-17-15-23(8-2)16-18-26)38-31(41)27-21-36-39-28(27)19-25(20-33(39,5)6)24-13-11-10-12-14-24/h10-18,21-22,25,29H,7-9,19-20H2,1-6H3,(H2,35,40)(H,37,42)(H,38,41)/t22?,25-,29?,34?/m0/s1. The number of benzene rings is 2. The Morgan fingerprint density at radius 3 is 2.31 bits per heavy atom. The Kier molecular flexibility index (Phi) is 9.24. The number of carbonyl (C=O) groups is 3. The van der Waals surface area contributed by atoms with Crippen molar-refractivity contribution in [1.82, 2.24) is 20.4 Å². The van der Waals surface area contributed by atoms with Crippen LogP contribution in [0, 0.1) is 5.92 Å². The third kappa shape index (κ3) is 5.98. The van der Waals surface area contributed by atoms with Gasteiger partial charge in [-0.3, -0.25) is 19.1 Å². The Morgan fingerprint density at radius 2 is 1.74 bits per heavy atom. The average molecular weight is 572 g/mol. The zero-order valence-corrected chi connectivity index (χ0v) is 25.7. The average Bonchev–Trinajstić information content (AvgIpc) is 3.43. The van der Waals surface area contributed by atoms with Gasteiger partial charge in [-0.05, 0) is 68.1 Å². The fourth-order valence-electron chi connectivity index (χ4n) is 6.23. The molecule has 42 heavy (non-hydrogen) atoms. The van der Waals surface area contributed by atoms with Crippen LogP contribution < -0.4 is 16.4 Å². The van der Waals surface area contributed by atoms with E-state index in [1.165, 1.54) is 5.56 Å². The summed E-state index contributed by atoms with van der Waals surface area (Å²) >= 11 is 0. The molecule has 2 aromatic carbocycles. The Morgan fingerprint density at radius 1 is 1.07 bits per heavy atom. The van der Waals surface area contributed by atoms with E-state index in [1.54, 1.807) is 6.20 Å². The van der Waals surface area contributed by atoms with Crippen molar-refractivity contribution in [3.05, 3.63) is 88.7 Å². The molecule has 3 amide bonds. The maximum Gasteiger partial charge on any atom is 0.255 e. The van der Waals surface area contributed by atoms with E-state index in [2.05, 4.69) is 48.6 Å². The van der Waals surface area contributed by atoms with Crippen molar-refractivity contribution in [2.45, 2.75) is 96.7 Å². The second kappa shape index (κ2) is 12.5. The van der Waals surface area contributed by atoms with Gasteiger partial charge in [0.25, 0.3) is 11.8 Å². The van der Waals surface area contributed by atoms with Gasteiger partial charge < -0.3 is 16.4 Å². The number of fused-ring (bicyclic) bond motifs is 1. The molecular weight excluding hydrogens is 526 g/mol. The third-order valence-electron chi connectivity index (χ3n) is 9.05. The second-order valence-electron chi connectivity index (χ2n) is 12.2. The monoisotopic (exact) mass is 571 g/mol. The van der Waals surface area contributed by atoms with E-state index in [1.807, 2.05) is 67.9 Å². The van der Waals surface area contributed by atoms with Gasteiger partial charge in [-0.1, -0.05) is 88.7 Å². The van der Waals surface area contributed by atoms with E-state index in [0.717, 1.165) is 24.1 Å². The summed E-state index contributed by atoms with van der Waals surface area (Å²) in [4.78, 5) is 40.7. The third-order valence-corrected chi connectivity index (χ3v) is 9.05. The highest BCUT2D eigenvalue weighted by Crippen LogP contribution is 2.40. The van der Waals surface area contributed by atoms with Gasteiger partial charge in [0.15, 0.2) is 0 Å². The quantitative estimate of drug-likeness (QED) is 0.301. The highest BCUT2D eigenvalue weighted by atomic mass is 16.2. The van der Waals surface area contributed by atoms with Gasteiger partial charge in [0.2, 0.25) is 5.91 Å². The van der Waals surface area contributed by atoms with Gasteiger partial charge in [-0.25, -0.2) is 0 Å². The van der Waals surface area contributed by atoms with Crippen LogP contribution in [-0.2, 0) is 33.5 Å². The van der Waals surface area contributed by atoms with Gasteiger partial charge in [0.1, 0.15) is 11.6 Å². The molecule has 3 aromatic rings. The maximum absolute atomic E-state index is 14.2. The molecule has 4 N–H and O–H groups in total. The Labute approximate surface area is 249 Å². The molecule has 4 atom stereocenters. The minimum absolute atomic E-state index is 0.168. The summed E-state index contributed by atoms with van der Waals surface area (Å²) < 4.78 is 1.96. The minimum Gasteiger partial charge on any atom is -0.368 e. The van der Waals surface area contributed by atoms with Crippen molar-refractivity contribution in [3.8, 4) is 0 Å². The second-order valence-corrected chi connectivity index (χ2v) is 12.2. The molecule has 0 bridgehead atoms. The summed E-state index contributed by atoms with van der Waals surface area (Å²) in [7, 11) is 0. The van der Waals surface area contributed by atoms with E-state index >= 15 is 0 Å². The number of rotatable bonds is 11. The van der Waals surface area contributed by atoms with Gasteiger partial charge in [0, 0.05) is 0 Å². The van der Waals surface area contributed by atoms with E-state index in [9.17, 15) is 14.4 Å². The van der Waals surface area contributed by atoms with Crippen molar-refractivity contribution >= 4 is 17.7 Å². The SMILES string of the molecule is CCc1ccc(C(CC)(NC(=O)c2cnn3c2C[C@H](c2ccccc2)CC3(C)C)C(=O)NC(C(N)=O)C(C)CC)cc1. The fraction of sp³-hybridized carbons (Fsp3) is 0.471. The maximum atomic E-state index is 14.2. The van der Waals surface area contributed by atoms with Crippen molar-refractivity contribution in [3.63, 3.8) is 0 Å². The Bertz CT molecular complexity index is 1410. The molecule has 2 heterocycles. The number of nitrogens with one attached hydrogen (secondary N) is 2. The minimum atomic E-state index is -1.43. The topological polar surface area (TPSA) is 119 Å². The molecule has 0 saturated carbocycles. The number of amides is 3. The largest absolute Gasteiger partial charge is 0.368 e. The number of nitrogens with zero attached hydrogens (tertiary/aromatic N) is 2. The zero-order chi connectivity index (χ0) is 30.7. The van der Waals surface area contributed by atoms with E-state index in [4.69, 9.17) is 5.73 Å². The number of hydrogen-bond acceptors (Lipinski definition) is 4. The summed E-state index contributed by atoms with van der Waals surface area (Å²) in [6.45, 7) is 12.0. The highest BCUT2D eigenvalue weighted by Gasteiger charge is 2.44. The summed E-state index contributed by atoms with van der Waals surface area (Å²) in [5.41, 5.74) is 8.27. The first-order valence-corrected chi connectivity index (χ1v) is 15.1. The van der Waals surface area contributed by atoms with E-state index < -0.39 is 23.4 Å². The molecular formula is C34H45N5O3. The molecule has 0 aliphatic carbocycles. The lowest BCUT2D eigenvalue weighted by Gasteiger charge is -2.38. The molecule has 4 rings (SSSR count). The molecule has 0 spiro atoms. The van der Waals surface area contributed by atoms with Crippen LogP contribution in [0.4, 0.5) is 0 Å². The number of primary amides is 1. The first-order valence-electron chi connectivity index (χ1n) is 15.1. The zero-order valence-electron chi connectivity index (χ0n) is 25.7. The van der Waals surface area contributed by atoms with Crippen LogP contribution in [0.15, 0.2) is 60.8 Å². The summed E-state index contributed by atoms with van der Waals surface area (Å²) in [6, 6.07) is 17.2. The van der Waals surface area contributed by atoms with Crippen molar-refractivity contribution in [2.24, 2.45) is 11.7 Å². The first kappa shape index (κ1) is 31.0. The van der Waals surface area contributed by atoms with Crippen LogP contribution >= 0.6 is 0 Å². The molecule has 0 radical (unpaired) electrons. The lowest BCUT2D eigenvalue weighted by atomic mass is 9.79. The molecule has 8 nitrogen and oxygen atoms in total. The molecule has 1 aliphatic rings. The normalized spacial score (nSPS) is 18.7. The Balaban J connectivity index is 1.74. The van der Waals surface area contributed by atoms with Crippen LogP contribution in [0.25, 0.3) is 0 Å². The predicted octanol–water partition coefficient (Wildman–Crippen LogP) is 4.96. The van der Waals surface area contributed by atoms with Crippen molar-refractivity contribution in [1.29, 1.82) is 0 Å². The van der Waals surface area contributed by atoms with Gasteiger partial charge in [-0.15, -0.1) is 0 Å². The lowest BCUT2D eigenvalue weighted by molar-refractivity contribution is -0.133. The number of aromatic nitrogens is 2. The molecule has 0 fully saturated rings. The predicted molar refractivity (Wildman–Crippen MR) is 165 cm³/mol. The lowest BCUT2D eigenvalue weighted by Crippen LogP contribution is -2.60. The van der Waals surface area contributed by atoms with E-state index in [-0.39, 0.29) is 29.7 Å².